The summed E-state index contributed by atoms with van der Waals surface area (Å²) in [4.78, 5) is 19.0. The zero-order valence-corrected chi connectivity index (χ0v) is 19.5. The molecular weight excluding hydrogens is 454 g/mol. The van der Waals surface area contributed by atoms with Crippen molar-refractivity contribution < 1.29 is 13.2 Å². The van der Waals surface area contributed by atoms with Gasteiger partial charge in [0.1, 0.15) is 0 Å². The normalized spacial score (nSPS) is 21.4. The van der Waals surface area contributed by atoms with Crippen LogP contribution < -0.4 is 10.2 Å². The molecule has 2 aliphatic rings. The predicted molar refractivity (Wildman–Crippen MR) is 128 cm³/mol. The maximum Gasteiger partial charge on any atom is 0.251 e. The Morgan fingerprint density at radius 3 is 2.61 bits per heavy atom. The number of amidine groups is 1. The van der Waals surface area contributed by atoms with Gasteiger partial charge in [-0.05, 0) is 42.3 Å². The minimum absolute atomic E-state index is 0.0483. The van der Waals surface area contributed by atoms with Gasteiger partial charge < -0.3 is 10.2 Å². The number of rotatable bonds is 6. The van der Waals surface area contributed by atoms with E-state index >= 15 is 0 Å². The third kappa shape index (κ3) is 5.07. The van der Waals surface area contributed by atoms with Crippen LogP contribution in [0, 0.1) is 0 Å². The van der Waals surface area contributed by atoms with Crippen LogP contribution in [0.1, 0.15) is 29.3 Å². The van der Waals surface area contributed by atoms with Crippen LogP contribution >= 0.6 is 23.4 Å². The van der Waals surface area contributed by atoms with Crippen LogP contribution in [0.2, 0.25) is 5.02 Å². The largest absolute Gasteiger partial charge is 0.352 e. The fraction of sp³-hybridized carbons (Fsp3) is 0.364. The third-order valence-corrected chi connectivity index (χ3v) is 8.92. The number of thioether (sulfide) groups is 1. The van der Waals surface area contributed by atoms with Crippen LogP contribution in [0.3, 0.4) is 0 Å². The lowest BCUT2D eigenvalue weighted by atomic mass is 10.1. The Kier molecular flexibility index (Phi) is 6.60. The van der Waals surface area contributed by atoms with Gasteiger partial charge in [0.2, 0.25) is 0 Å². The molecule has 1 amide bonds. The second kappa shape index (κ2) is 9.22. The van der Waals surface area contributed by atoms with Gasteiger partial charge in [-0.1, -0.05) is 48.5 Å². The van der Waals surface area contributed by atoms with Crippen LogP contribution in [-0.4, -0.2) is 48.8 Å². The van der Waals surface area contributed by atoms with E-state index in [1.807, 2.05) is 48.2 Å². The lowest BCUT2D eigenvalue weighted by Crippen LogP contribution is -2.28. The first-order valence-corrected chi connectivity index (χ1v) is 13.3. The zero-order valence-electron chi connectivity index (χ0n) is 17.1. The van der Waals surface area contributed by atoms with Crippen molar-refractivity contribution in [1.82, 2.24) is 5.32 Å². The number of aliphatic imine (C=N–C) groups is 1. The number of hydrogen-bond donors (Lipinski definition) is 1. The van der Waals surface area contributed by atoms with Gasteiger partial charge in [0.05, 0.1) is 24.1 Å². The summed E-state index contributed by atoms with van der Waals surface area (Å²) >= 11 is 7.91. The van der Waals surface area contributed by atoms with Gasteiger partial charge in [-0.3, -0.25) is 9.79 Å². The lowest BCUT2D eigenvalue weighted by Gasteiger charge is -2.25. The van der Waals surface area contributed by atoms with Gasteiger partial charge in [-0.2, -0.15) is 0 Å². The molecule has 2 heterocycles. The Hall–Kier alpha value is -2.03. The maximum absolute atomic E-state index is 12.2. The molecule has 9 heteroatoms. The van der Waals surface area contributed by atoms with Gasteiger partial charge in [0.15, 0.2) is 15.0 Å². The highest BCUT2D eigenvalue weighted by Crippen LogP contribution is 2.37. The molecule has 1 saturated heterocycles. The second-order valence-corrected chi connectivity index (χ2v) is 11.5. The molecule has 0 bridgehead atoms. The first kappa shape index (κ1) is 22.2. The van der Waals surface area contributed by atoms with E-state index in [1.165, 1.54) is 11.8 Å². The molecule has 6 nitrogen and oxygen atoms in total. The van der Waals surface area contributed by atoms with E-state index in [0.717, 1.165) is 22.8 Å². The molecule has 164 valence electrons. The van der Waals surface area contributed by atoms with Crippen molar-refractivity contribution in [3.8, 4) is 0 Å². The van der Waals surface area contributed by atoms with Crippen molar-refractivity contribution in [2.45, 2.75) is 31.2 Å². The van der Waals surface area contributed by atoms with Gasteiger partial charge >= 0.3 is 0 Å². The van der Waals surface area contributed by atoms with E-state index in [0.29, 0.717) is 23.7 Å². The summed E-state index contributed by atoms with van der Waals surface area (Å²) in [5, 5.41) is 4.28. The smallest absolute Gasteiger partial charge is 0.251 e. The Balaban J connectivity index is 1.62. The molecule has 1 fully saturated rings. The SMILES string of the molecule is CCCNC(=O)c1ccc(N(Cc2ccccc2Cl)C2=NC3CS(=O)(=O)CC3S2)cc1. The summed E-state index contributed by atoms with van der Waals surface area (Å²) in [6, 6.07) is 14.8. The summed E-state index contributed by atoms with van der Waals surface area (Å²) in [7, 11) is -3.02. The quantitative estimate of drug-likeness (QED) is 0.685. The summed E-state index contributed by atoms with van der Waals surface area (Å²) in [5.74, 6) is 0.162. The number of carbonyl (C=O) groups is 1. The highest BCUT2D eigenvalue weighted by Gasteiger charge is 2.44. The number of anilines is 1. The van der Waals surface area contributed by atoms with Crippen LogP contribution in [0.25, 0.3) is 0 Å². The number of nitrogens with one attached hydrogen (secondary N) is 1. The average Bonchev–Trinajstić information content (AvgIpc) is 3.25. The van der Waals surface area contributed by atoms with Gasteiger partial charge in [0, 0.05) is 28.1 Å². The number of sulfone groups is 1. The summed E-state index contributed by atoms with van der Waals surface area (Å²) in [6.07, 6.45) is 0.880. The highest BCUT2D eigenvalue weighted by molar-refractivity contribution is 8.15. The minimum Gasteiger partial charge on any atom is -0.352 e. The van der Waals surface area contributed by atoms with Crippen molar-refractivity contribution in [3.05, 3.63) is 64.7 Å². The number of carbonyl (C=O) groups excluding carboxylic acids is 1. The summed E-state index contributed by atoms with van der Waals surface area (Å²) in [6.45, 7) is 3.15. The Morgan fingerprint density at radius 2 is 1.94 bits per heavy atom. The maximum atomic E-state index is 12.2. The number of fused-ring (bicyclic) bond motifs is 1. The van der Waals surface area contributed by atoms with Crippen LogP contribution in [-0.2, 0) is 16.4 Å². The average molecular weight is 478 g/mol. The monoisotopic (exact) mass is 477 g/mol. The third-order valence-electron chi connectivity index (χ3n) is 5.30. The van der Waals surface area contributed by atoms with Crippen LogP contribution in [0.15, 0.2) is 53.5 Å². The van der Waals surface area contributed by atoms with E-state index in [1.54, 1.807) is 12.1 Å². The first-order chi connectivity index (χ1) is 14.9. The lowest BCUT2D eigenvalue weighted by molar-refractivity contribution is 0.0953. The van der Waals surface area contributed by atoms with E-state index in [9.17, 15) is 13.2 Å². The van der Waals surface area contributed by atoms with E-state index in [4.69, 9.17) is 16.6 Å². The molecule has 2 aliphatic heterocycles. The number of halogens is 1. The fourth-order valence-electron chi connectivity index (χ4n) is 3.67. The summed E-state index contributed by atoms with van der Waals surface area (Å²) < 4.78 is 23.9. The molecule has 0 aliphatic carbocycles. The van der Waals surface area contributed by atoms with E-state index < -0.39 is 9.84 Å². The van der Waals surface area contributed by atoms with E-state index in [2.05, 4.69) is 5.32 Å². The van der Waals surface area contributed by atoms with Crippen LogP contribution in [0.4, 0.5) is 5.69 Å². The van der Waals surface area contributed by atoms with Crippen molar-refractivity contribution in [1.29, 1.82) is 0 Å². The standard InChI is InChI=1S/C22H24ClN3O3S2/c1-2-11-24-21(27)15-7-9-17(10-8-15)26(12-16-5-3-4-6-18(16)23)22-25-19-13-31(28,29)14-20(19)30-22/h3-10,19-20H,2,11-14H2,1H3,(H,24,27). The van der Waals surface area contributed by atoms with Crippen molar-refractivity contribution in [3.63, 3.8) is 0 Å². The fourth-order valence-corrected chi connectivity index (χ4v) is 7.65. The van der Waals surface area contributed by atoms with Crippen LogP contribution in [0.5, 0.6) is 0 Å². The molecule has 2 unspecified atom stereocenters. The molecule has 4 rings (SSSR count). The molecule has 2 aromatic carbocycles. The number of nitrogens with zero attached hydrogens (tertiary/aromatic N) is 2. The number of amides is 1. The molecule has 31 heavy (non-hydrogen) atoms. The van der Waals surface area contributed by atoms with E-state index in [-0.39, 0.29) is 28.7 Å². The Morgan fingerprint density at radius 1 is 1.19 bits per heavy atom. The molecule has 2 aromatic rings. The zero-order chi connectivity index (χ0) is 22.0. The van der Waals surface area contributed by atoms with Crippen molar-refractivity contribution in [2.75, 3.05) is 23.0 Å². The number of hydrogen-bond acceptors (Lipinski definition) is 6. The van der Waals surface area contributed by atoms with Crippen molar-refractivity contribution in [2.24, 2.45) is 4.99 Å². The van der Waals surface area contributed by atoms with Crippen molar-refractivity contribution >= 4 is 50.0 Å². The molecule has 2 atom stereocenters. The summed E-state index contributed by atoms with van der Waals surface area (Å²) in [5.41, 5.74) is 2.42. The number of benzene rings is 2. The highest BCUT2D eigenvalue weighted by atomic mass is 35.5. The topological polar surface area (TPSA) is 78.8 Å². The molecule has 0 spiro atoms. The molecule has 1 N–H and O–H groups in total. The molecule has 0 saturated carbocycles. The molecule has 0 aromatic heterocycles. The van der Waals surface area contributed by atoms with Gasteiger partial charge in [-0.25, -0.2) is 8.42 Å². The predicted octanol–water partition coefficient (Wildman–Crippen LogP) is 3.75. The Labute approximate surface area is 192 Å². The molecular formula is C22H24ClN3O3S2. The first-order valence-electron chi connectivity index (χ1n) is 10.2. The minimum atomic E-state index is -3.02. The van der Waals surface area contributed by atoms with Gasteiger partial charge in [-0.15, -0.1) is 0 Å². The second-order valence-electron chi connectivity index (χ2n) is 7.69. The Bertz CT molecular complexity index is 1100. The molecule has 0 radical (unpaired) electrons. The van der Waals surface area contributed by atoms with Gasteiger partial charge in [0.25, 0.3) is 5.91 Å².